The molecule has 1 aromatic rings. The van der Waals surface area contributed by atoms with Gasteiger partial charge in [-0.1, -0.05) is 11.6 Å². The molecule has 0 saturated heterocycles. The van der Waals surface area contributed by atoms with Crippen molar-refractivity contribution in [2.24, 2.45) is 0 Å². The zero-order chi connectivity index (χ0) is 9.84. The van der Waals surface area contributed by atoms with Crippen molar-refractivity contribution in [3.05, 3.63) is 38.7 Å². The van der Waals surface area contributed by atoms with Gasteiger partial charge in [-0.15, -0.1) is 0 Å². The highest BCUT2D eigenvalue weighted by Crippen LogP contribution is 1.87. The molecule has 0 spiro atoms. The quantitative estimate of drug-likeness (QED) is 0.648. The van der Waals surface area contributed by atoms with Gasteiger partial charge in [-0.3, -0.25) is 9.36 Å². The largest absolute Gasteiger partial charge is 0.345 e. The van der Waals surface area contributed by atoms with Crippen molar-refractivity contribution in [1.29, 1.82) is 0 Å². The monoisotopic (exact) mass is 181 g/mol. The third-order valence-electron chi connectivity index (χ3n) is 1.53. The molecule has 0 aromatic carbocycles. The lowest BCUT2D eigenvalue weighted by Gasteiger charge is -1.98. The molecule has 1 heterocycles. The highest BCUT2D eigenvalue weighted by molar-refractivity contribution is 4.93. The van der Waals surface area contributed by atoms with Crippen LogP contribution >= 0.6 is 0 Å². The second kappa shape index (κ2) is 3.84. The maximum Gasteiger partial charge on any atom is 0.345 e. The molecule has 0 aliphatic carbocycles. The van der Waals surface area contributed by atoms with E-state index in [0.29, 0.717) is 6.54 Å². The van der Waals surface area contributed by atoms with Crippen LogP contribution in [0.2, 0.25) is 0 Å². The van der Waals surface area contributed by atoms with E-state index in [-0.39, 0.29) is 5.56 Å². The molecule has 0 atom stereocenters. The van der Waals surface area contributed by atoms with Gasteiger partial charge in [0, 0.05) is 6.54 Å². The molecule has 0 amide bonds. The van der Waals surface area contributed by atoms with Crippen molar-refractivity contribution in [2.75, 3.05) is 0 Å². The first-order valence-electron chi connectivity index (χ1n) is 3.89. The first kappa shape index (κ1) is 9.44. The van der Waals surface area contributed by atoms with Gasteiger partial charge in [-0.2, -0.15) is 5.10 Å². The third kappa shape index (κ3) is 2.40. The van der Waals surface area contributed by atoms with Gasteiger partial charge in [0.2, 0.25) is 0 Å². The van der Waals surface area contributed by atoms with Crippen LogP contribution in [0.1, 0.15) is 13.8 Å². The minimum absolute atomic E-state index is 0.291. The van der Waals surface area contributed by atoms with Crippen LogP contribution in [0.15, 0.2) is 27.4 Å². The number of nitrogens with one attached hydrogen (secondary N) is 1. The fourth-order valence-corrected chi connectivity index (χ4v) is 0.820. The summed E-state index contributed by atoms with van der Waals surface area (Å²) in [5.74, 6) is 0. The van der Waals surface area contributed by atoms with E-state index in [1.165, 1.54) is 0 Å². The van der Waals surface area contributed by atoms with Gasteiger partial charge in [0.05, 0.1) is 0 Å². The Balaban J connectivity index is 3.08. The van der Waals surface area contributed by atoms with E-state index < -0.39 is 5.69 Å². The summed E-state index contributed by atoms with van der Waals surface area (Å²) >= 11 is 0. The summed E-state index contributed by atoms with van der Waals surface area (Å²) in [5, 5.41) is 5.57. The molecule has 0 fully saturated rings. The average Bonchev–Trinajstić information content (AvgIpc) is 2.03. The molecule has 70 valence electrons. The summed E-state index contributed by atoms with van der Waals surface area (Å²) in [6, 6.07) is 0. The van der Waals surface area contributed by atoms with E-state index in [9.17, 15) is 9.59 Å². The van der Waals surface area contributed by atoms with Crippen molar-refractivity contribution in [2.45, 2.75) is 20.4 Å². The number of rotatable bonds is 2. The molecule has 5 heteroatoms. The second-order valence-electron chi connectivity index (χ2n) is 2.91. The first-order chi connectivity index (χ1) is 6.11. The number of aromatic amines is 1. The molecule has 5 nitrogen and oxygen atoms in total. The highest BCUT2D eigenvalue weighted by Gasteiger charge is 1.97. The normalized spacial score (nSPS) is 9.69. The molecular formula is C8H11N3O2. The topological polar surface area (TPSA) is 67.8 Å². The maximum atomic E-state index is 11.1. The Hall–Kier alpha value is -1.65. The predicted octanol–water partition coefficient (Wildman–Crippen LogP) is -0.102. The Bertz CT molecular complexity index is 395. The summed E-state index contributed by atoms with van der Waals surface area (Å²) in [6.07, 6.45) is 2.89. The van der Waals surface area contributed by atoms with Crippen LogP contribution in [0.3, 0.4) is 0 Å². The Morgan fingerprint density at radius 2 is 2.31 bits per heavy atom. The second-order valence-corrected chi connectivity index (χ2v) is 2.91. The number of allylic oxidation sites excluding steroid dienone is 2. The Kier molecular flexibility index (Phi) is 2.79. The van der Waals surface area contributed by atoms with Crippen LogP contribution in [0.25, 0.3) is 0 Å². The SMILES string of the molecule is CC(C)=CCn1c(=O)cn[nH]c1=O. The zero-order valence-electron chi connectivity index (χ0n) is 7.57. The first-order valence-corrected chi connectivity index (χ1v) is 3.89. The van der Waals surface area contributed by atoms with E-state index >= 15 is 0 Å². The molecule has 0 radical (unpaired) electrons. The molecule has 1 N–H and O–H groups in total. The van der Waals surface area contributed by atoms with E-state index in [2.05, 4.69) is 10.2 Å². The molecule has 0 bridgehead atoms. The van der Waals surface area contributed by atoms with Crippen LogP contribution in [0.5, 0.6) is 0 Å². The number of nitrogens with zero attached hydrogens (tertiary/aromatic N) is 2. The van der Waals surface area contributed by atoms with Crippen LogP contribution in [0, 0.1) is 0 Å². The minimum Gasteiger partial charge on any atom is -0.267 e. The Morgan fingerprint density at radius 3 is 2.85 bits per heavy atom. The average molecular weight is 181 g/mol. The van der Waals surface area contributed by atoms with Crippen molar-refractivity contribution in [1.82, 2.24) is 14.8 Å². The van der Waals surface area contributed by atoms with E-state index in [1.54, 1.807) is 6.08 Å². The molecule has 0 aliphatic heterocycles. The fourth-order valence-electron chi connectivity index (χ4n) is 0.820. The van der Waals surface area contributed by atoms with Gasteiger partial charge in [0.15, 0.2) is 0 Å². The molecule has 1 rings (SSSR count). The lowest BCUT2D eigenvalue weighted by molar-refractivity contribution is 0.676. The molecule has 0 unspecified atom stereocenters. The van der Waals surface area contributed by atoms with Gasteiger partial charge in [0.1, 0.15) is 6.20 Å². The van der Waals surface area contributed by atoms with Gasteiger partial charge in [-0.05, 0) is 13.8 Å². The predicted molar refractivity (Wildman–Crippen MR) is 48.5 cm³/mol. The standard InChI is InChI=1S/C8H11N3O2/c1-6(2)3-4-11-7(12)5-9-10-8(11)13/h3,5H,4H2,1-2H3,(H,10,13). The lowest BCUT2D eigenvalue weighted by Crippen LogP contribution is -2.34. The summed E-state index contributed by atoms with van der Waals surface area (Å²) < 4.78 is 1.08. The van der Waals surface area contributed by atoms with E-state index in [0.717, 1.165) is 16.3 Å². The zero-order valence-corrected chi connectivity index (χ0v) is 7.57. The van der Waals surface area contributed by atoms with Crippen molar-refractivity contribution < 1.29 is 0 Å². The number of H-pyrrole nitrogens is 1. The van der Waals surface area contributed by atoms with Crippen molar-refractivity contribution >= 4 is 0 Å². The maximum absolute atomic E-state index is 11.1. The fraction of sp³-hybridized carbons (Fsp3) is 0.375. The van der Waals surface area contributed by atoms with Crippen LogP contribution in [0.4, 0.5) is 0 Å². The number of hydrogen-bond donors (Lipinski definition) is 1. The summed E-state index contributed by atoms with van der Waals surface area (Å²) in [5.41, 5.74) is 0.189. The lowest BCUT2D eigenvalue weighted by atomic mass is 10.3. The number of hydrogen-bond acceptors (Lipinski definition) is 3. The van der Waals surface area contributed by atoms with E-state index in [4.69, 9.17) is 0 Å². The molecule has 1 aromatic heterocycles. The van der Waals surface area contributed by atoms with Crippen LogP contribution in [-0.4, -0.2) is 14.8 Å². The van der Waals surface area contributed by atoms with E-state index in [1.807, 2.05) is 13.8 Å². The summed E-state index contributed by atoms with van der Waals surface area (Å²) in [7, 11) is 0. The molecule has 0 saturated carbocycles. The van der Waals surface area contributed by atoms with Crippen molar-refractivity contribution in [3.8, 4) is 0 Å². The van der Waals surface area contributed by atoms with Crippen LogP contribution in [-0.2, 0) is 6.54 Å². The van der Waals surface area contributed by atoms with Crippen molar-refractivity contribution in [3.63, 3.8) is 0 Å². The van der Waals surface area contributed by atoms with Crippen LogP contribution < -0.4 is 11.2 Å². The summed E-state index contributed by atoms with van der Waals surface area (Å²) in [4.78, 5) is 22.2. The number of aromatic nitrogens is 3. The van der Waals surface area contributed by atoms with Gasteiger partial charge in [-0.25, -0.2) is 9.89 Å². The molecule has 0 aliphatic rings. The smallest absolute Gasteiger partial charge is 0.267 e. The third-order valence-corrected chi connectivity index (χ3v) is 1.53. The van der Waals surface area contributed by atoms with Gasteiger partial charge in [0.25, 0.3) is 5.56 Å². The summed E-state index contributed by atoms with van der Waals surface area (Å²) in [6.45, 7) is 4.10. The minimum atomic E-state index is -0.481. The molecule has 13 heavy (non-hydrogen) atoms. The molecular weight excluding hydrogens is 170 g/mol. The highest BCUT2D eigenvalue weighted by atomic mass is 16.2. The Labute approximate surface area is 74.7 Å². The van der Waals surface area contributed by atoms with Gasteiger partial charge >= 0.3 is 5.69 Å². The Morgan fingerprint density at radius 1 is 1.62 bits per heavy atom. The van der Waals surface area contributed by atoms with Gasteiger partial charge < -0.3 is 0 Å².